The number of nitrogens with zero attached hydrogens (tertiary/aromatic N) is 2. The largest absolute Gasteiger partial charge is 0.493 e. The van der Waals surface area contributed by atoms with Gasteiger partial charge in [-0.1, -0.05) is 0 Å². The summed E-state index contributed by atoms with van der Waals surface area (Å²) in [6.45, 7) is 0. The summed E-state index contributed by atoms with van der Waals surface area (Å²) in [6.07, 6.45) is 3.11. The van der Waals surface area contributed by atoms with E-state index in [1.165, 1.54) is 32.2 Å². The van der Waals surface area contributed by atoms with Crippen LogP contribution in [0.3, 0.4) is 0 Å². The summed E-state index contributed by atoms with van der Waals surface area (Å²) in [5.41, 5.74) is 0.384. The third kappa shape index (κ3) is 2.62. The highest BCUT2D eigenvalue weighted by Crippen LogP contribution is 2.38. The zero-order valence-corrected chi connectivity index (χ0v) is 12.8. The maximum atomic E-state index is 12.3. The molecule has 6 nitrogen and oxygen atoms in total. The van der Waals surface area contributed by atoms with Crippen molar-refractivity contribution in [1.29, 1.82) is 0 Å². The summed E-state index contributed by atoms with van der Waals surface area (Å²) >= 11 is 3.25. The first kappa shape index (κ1) is 14.4. The second-order valence-corrected chi connectivity index (χ2v) is 4.74. The molecule has 2 rings (SSSR count). The number of methoxy groups -OCH3 is 3. The Kier molecular flexibility index (Phi) is 4.29. The number of hydrogen-bond acceptors (Lipinski definition) is 5. The summed E-state index contributed by atoms with van der Waals surface area (Å²) in [7, 11) is 4.50. The van der Waals surface area contributed by atoms with Gasteiger partial charge in [-0.3, -0.25) is 4.79 Å². The lowest BCUT2D eigenvalue weighted by Gasteiger charge is -2.13. The fourth-order valence-corrected chi connectivity index (χ4v) is 2.03. The molecule has 7 heteroatoms. The van der Waals surface area contributed by atoms with Crippen LogP contribution < -0.4 is 14.2 Å². The lowest BCUT2D eigenvalue weighted by atomic mass is 10.1. The van der Waals surface area contributed by atoms with E-state index in [1.54, 1.807) is 18.3 Å². The summed E-state index contributed by atoms with van der Waals surface area (Å²) in [4.78, 5) is 12.3. The zero-order valence-electron chi connectivity index (χ0n) is 11.2. The molecule has 1 heterocycles. The lowest BCUT2D eigenvalue weighted by molar-refractivity contribution is 0.0944. The van der Waals surface area contributed by atoms with Crippen molar-refractivity contribution in [3.05, 3.63) is 34.6 Å². The highest BCUT2D eigenvalue weighted by atomic mass is 79.9. The average Bonchev–Trinajstić information content (AvgIpc) is 2.91. The van der Waals surface area contributed by atoms with Crippen LogP contribution in [0.5, 0.6) is 17.2 Å². The van der Waals surface area contributed by atoms with Crippen LogP contribution in [0, 0.1) is 0 Å². The van der Waals surface area contributed by atoms with Gasteiger partial charge in [-0.05, 0) is 28.1 Å². The van der Waals surface area contributed by atoms with Gasteiger partial charge in [0.15, 0.2) is 11.5 Å². The minimum Gasteiger partial charge on any atom is -0.493 e. The number of benzene rings is 1. The highest BCUT2D eigenvalue weighted by Gasteiger charge is 2.18. The van der Waals surface area contributed by atoms with Crippen LogP contribution in [0.1, 0.15) is 10.4 Å². The topological polar surface area (TPSA) is 62.6 Å². The fourth-order valence-electron chi connectivity index (χ4n) is 1.75. The molecule has 0 saturated carbocycles. The summed E-state index contributed by atoms with van der Waals surface area (Å²) < 4.78 is 17.6. The predicted molar refractivity (Wildman–Crippen MR) is 75.8 cm³/mol. The van der Waals surface area contributed by atoms with Gasteiger partial charge in [0.25, 0.3) is 5.91 Å². The van der Waals surface area contributed by atoms with Crippen molar-refractivity contribution in [2.45, 2.75) is 0 Å². The van der Waals surface area contributed by atoms with Crippen molar-refractivity contribution in [2.75, 3.05) is 21.3 Å². The molecule has 106 valence electrons. The maximum absolute atomic E-state index is 12.3. The van der Waals surface area contributed by atoms with Gasteiger partial charge in [-0.2, -0.15) is 5.10 Å². The SMILES string of the molecule is COc1cc(C(=O)n2cc(Br)cn2)cc(OC)c1OC. The van der Waals surface area contributed by atoms with Crippen LogP contribution in [-0.4, -0.2) is 37.0 Å². The molecule has 0 fully saturated rings. The Bertz CT molecular complexity index is 614. The molecule has 1 aromatic carbocycles. The Labute approximate surface area is 124 Å². The van der Waals surface area contributed by atoms with E-state index < -0.39 is 0 Å². The molecule has 0 N–H and O–H groups in total. The van der Waals surface area contributed by atoms with Crippen molar-refractivity contribution in [3.8, 4) is 17.2 Å². The zero-order chi connectivity index (χ0) is 14.7. The smallest absolute Gasteiger partial charge is 0.278 e. The lowest BCUT2D eigenvalue weighted by Crippen LogP contribution is -2.13. The Hall–Kier alpha value is -2.02. The maximum Gasteiger partial charge on any atom is 0.278 e. The van der Waals surface area contributed by atoms with Gasteiger partial charge in [0.2, 0.25) is 5.75 Å². The molecule has 1 aromatic heterocycles. The second-order valence-electron chi connectivity index (χ2n) is 3.82. The van der Waals surface area contributed by atoms with E-state index in [0.717, 1.165) is 4.47 Å². The molecule has 0 spiro atoms. The van der Waals surface area contributed by atoms with Crippen molar-refractivity contribution in [3.63, 3.8) is 0 Å². The summed E-state index contributed by atoms with van der Waals surface area (Å²) in [6, 6.07) is 3.17. The van der Waals surface area contributed by atoms with E-state index in [1.807, 2.05) is 0 Å². The summed E-state index contributed by atoms with van der Waals surface area (Å²) in [5, 5.41) is 3.95. The number of aromatic nitrogens is 2. The molecule has 2 aromatic rings. The molecule has 0 amide bonds. The van der Waals surface area contributed by atoms with Crippen LogP contribution in [-0.2, 0) is 0 Å². The molecule has 0 aliphatic rings. The summed E-state index contributed by atoms with van der Waals surface area (Å²) in [5.74, 6) is 0.978. The van der Waals surface area contributed by atoms with E-state index >= 15 is 0 Å². The second kappa shape index (κ2) is 5.96. The molecule has 20 heavy (non-hydrogen) atoms. The van der Waals surface area contributed by atoms with Gasteiger partial charge >= 0.3 is 0 Å². The number of hydrogen-bond donors (Lipinski definition) is 0. The highest BCUT2D eigenvalue weighted by molar-refractivity contribution is 9.10. The first-order valence-electron chi connectivity index (χ1n) is 5.65. The minimum atomic E-state index is -0.296. The Morgan fingerprint density at radius 2 is 1.75 bits per heavy atom. The number of halogens is 1. The van der Waals surface area contributed by atoms with Gasteiger partial charge in [0.05, 0.1) is 32.0 Å². The first-order valence-corrected chi connectivity index (χ1v) is 6.45. The molecule has 0 unspecified atom stereocenters. The molecule has 0 atom stereocenters. The van der Waals surface area contributed by atoms with Gasteiger partial charge < -0.3 is 14.2 Å². The number of carbonyl (C=O) groups is 1. The van der Waals surface area contributed by atoms with Crippen molar-refractivity contribution in [2.24, 2.45) is 0 Å². The van der Waals surface area contributed by atoms with Crippen LogP contribution in [0.15, 0.2) is 29.0 Å². The van der Waals surface area contributed by atoms with Gasteiger partial charge in [-0.15, -0.1) is 0 Å². The predicted octanol–water partition coefficient (Wildman–Crippen LogP) is 2.36. The van der Waals surface area contributed by atoms with E-state index in [9.17, 15) is 4.79 Å². The normalized spacial score (nSPS) is 10.2. The van der Waals surface area contributed by atoms with Gasteiger partial charge in [0.1, 0.15) is 0 Å². The standard InChI is InChI=1S/C13H13BrN2O4/c1-18-10-4-8(5-11(19-2)12(10)20-3)13(17)16-7-9(14)6-15-16/h4-7H,1-3H3. The molecule has 0 radical (unpaired) electrons. The van der Waals surface area contributed by atoms with E-state index in [-0.39, 0.29) is 5.91 Å². The van der Waals surface area contributed by atoms with Gasteiger partial charge in [0, 0.05) is 11.8 Å². The molecular formula is C13H13BrN2O4. The molecule has 0 aliphatic heterocycles. The minimum absolute atomic E-state index is 0.296. The third-order valence-corrected chi connectivity index (χ3v) is 3.08. The van der Waals surface area contributed by atoms with E-state index in [2.05, 4.69) is 21.0 Å². The van der Waals surface area contributed by atoms with Crippen LogP contribution >= 0.6 is 15.9 Å². The van der Waals surface area contributed by atoms with Gasteiger partial charge in [-0.25, -0.2) is 4.68 Å². The molecule has 0 aliphatic carbocycles. The Morgan fingerprint density at radius 3 is 2.15 bits per heavy atom. The number of rotatable bonds is 4. The van der Waals surface area contributed by atoms with Crippen molar-refractivity contribution < 1.29 is 19.0 Å². The van der Waals surface area contributed by atoms with Crippen LogP contribution in [0.4, 0.5) is 0 Å². The Morgan fingerprint density at radius 1 is 1.15 bits per heavy atom. The van der Waals surface area contributed by atoms with E-state index in [4.69, 9.17) is 14.2 Å². The van der Waals surface area contributed by atoms with Crippen LogP contribution in [0.25, 0.3) is 0 Å². The number of ether oxygens (including phenoxy) is 3. The van der Waals surface area contributed by atoms with E-state index in [0.29, 0.717) is 22.8 Å². The molecule has 0 saturated heterocycles. The Balaban J connectivity index is 2.49. The third-order valence-electron chi connectivity index (χ3n) is 2.67. The van der Waals surface area contributed by atoms with Crippen LogP contribution in [0.2, 0.25) is 0 Å². The monoisotopic (exact) mass is 340 g/mol. The fraction of sp³-hybridized carbons (Fsp3) is 0.231. The average molecular weight is 341 g/mol. The number of carbonyl (C=O) groups excluding carboxylic acids is 1. The molecule has 0 bridgehead atoms. The van der Waals surface area contributed by atoms with Crippen molar-refractivity contribution >= 4 is 21.8 Å². The molecular weight excluding hydrogens is 328 g/mol. The quantitative estimate of drug-likeness (QED) is 0.854. The first-order chi connectivity index (χ1) is 9.60. The van der Waals surface area contributed by atoms with Crippen molar-refractivity contribution in [1.82, 2.24) is 9.78 Å².